The van der Waals surface area contributed by atoms with E-state index in [9.17, 15) is 14.9 Å². The largest absolute Gasteiger partial charge is 0.494 e. The van der Waals surface area contributed by atoms with E-state index in [0.29, 0.717) is 13.2 Å². The molecule has 0 aliphatic rings. The van der Waals surface area contributed by atoms with Gasteiger partial charge in [0, 0.05) is 18.2 Å². The van der Waals surface area contributed by atoms with Gasteiger partial charge in [0.1, 0.15) is 5.75 Å². The lowest BCUT2D eigenvalue weighted by atomic mass is 10.1. The highest BCUT2D eigenvalue weighted by atomic mass is 16.6. The fourth-order valence-corrected chi connectivity index (χ4v) is 2.50. The number of non-ortho nitro benzene ring substituents is 1. The second-order valence-corrected chi connectivity index (χ2v) is 5.96. The second-order valence-electron chi connectivity index (χ2n) is 5.96. The summed E-state index contributed by atoms with van der Waals surface area (Å²) in [7, 11) is 0. The first-order valence-electron chi connectivity index (χ1n) is 8.87. The molecular weight excluding hydrogens is 346 g/mol. The Labute approximate surface area is 158 Å². The van der Waals surface area contributed by atoms with Crippen LogP contribution in [0.15, 0.2) is 61.2 Å². The van der Waals surface area contributed by atoms with Gasteiger partial charge in [0.05, 0.1) is 18.1 Å². The van der Waals surface area contributed by atoms with E-state index in [1.807, 2.05) is 24.3 Å². The van der Waals surface area contributed by atoms with Crippen molar-refractivity contribution in [2.45, 2.75) is 25.7 Å². The Kier molecular flexibility index (Phi) is 8.03. The van der Waals surface area contributed by atoms with Crippen molar-refractivity contribution < 1.29 is 19.2 Å². The Hall–Kier alpha value is -3.15. The zero-order valence-corrected chi connectivity index (χ0v) is 15.1. The van der Waals surface area contributed by atoms with Gasteiger partial charge in [-0.25, -0.2) is 4.79 Å². The first-order valence-corrected chi connectivity index (χ1v) is 8.87. The van der Waals surface area contributed by atoms with Crippen LogP contribution in [0.3, 0.4) is 0 Å². The van der Waals surface area contributed by atoms with Crippen LogP contribution >= 0.6 is 0 Å². The van der Waals surface area contributed by atoms with E-state index < -0.39 is 4.92 Å². The Bertz CT molecular complexity index is 753. The fourth-order valence-electron chi connectivity index (χ4n) is 2.50. The molecule has 0 saturated heterocycles. The maximum atomic E-state index is 10.9. The summed E-state index contributed by atoms with van der Waals surface area (Å²) in [5.41, 5.74) is 1.98. The maximum absolute atomic E-state index is 10.9. The maximum Gasteiger partial charge on any atom is 0.330 e. The third kappa shape index (κ3) is 6.93. The minimum absolute atomic E-state index is 0.0811. The molecule has 0 unspecified atom stereocenters. The molecule has 0 heterocycles. The Balaban J connectivity index is 1.67. The summed E-state index contributed by atoms with van der Waals surface area (Å²) in [6, 6.07) is 14.1. The smallest absolute Gasteiger partial charge is 0.330 e. The molecular formula is C21H23NO5. The molecule has 6 heteroatoms. The molecule has 27 heavy (non-hydrogen) atoms. The second kappa shape index (κ2) is 10.8. The van der Waals surface area contributed by atoms with Crippen LogP contribution in [-0.4, -0.2) is 24.1 Å². The van der Waals surface area contributed by atoms with Crippen LogP contribution in [0.2, 0.25) is 0 Å². The SMILES string of the molecule is C=CC(=O)OCCCCCCOc1ccc(-c2ccc([N+](=O)[O-])cc2)cc1. The van der Waals surface area contributed by atoms with Crippen molar-refractivity contribution in [3.8, 4) is 16.9 Å². The van der Waals surface area contributed by atoms with E-state index >= 15 is 0 Å². The number of ether oxygens (including phenoxy) is 2. The zero-order valence-electron chi connectivity index (χ0n) is 15.1. The molecule has 0 amide bonds. The molecule has 2 aromatic rings. The highest BCUT2D eigenvalue weighted by Gasteiger charge is 2.05. The lowest BCUT2D eigenvalue weighted by Crippen LogP contribution is -2.02. The highest BCUT2D eigenvalue weighted by Crippen LogP contribution is 2.24. The molecule has 0 radical (unpaired) electrons. The predicted octanol–water partition coefficient (Wildman–Crippen LogP) is 4.93. The molecule has 2 aromatic carbocycles. The van der Waals surface area contributed by atoms with Gasteiger partial charge in [-0.1, -0.05) is 18.7 Å². The summed E-state index contributed by atoms with van der Waals surface area (Å²) in [5.74, 6) is 0.413. The number of carbonyl (C=O) groups is 1. The first kappa shape index (κ1) is 20.2. The molecule has 0 saturated carbocycles. The third-order valence-electron chi connectivity index (χ3n) is 3.98. The van der Waals surface area contributed by atoms with Gasteiger partial charge in [-0.3, -0.25) is 10.1 Å². The van der Waals surface area contributed by atoms with Gasteiger partial charge in [0.25, 0.3) is 5.69 Å². The Morgan fingerprint density at radius 3 is 2.04 bits per heavy atom. The van der Waals surface area contributed by atoms with Crippen LogP contribution in [-0.2, 0) is 9.53 Å². The molecule has 0 bridgehead atoms. The monoisotopic (exact) mass is 369 g/mol. The van der Waals surface area contributed by atoms with Crippen LogP contribution in [0, 0.1) is 10.1 Å². The lowest BCUT2D eigenvalue weighted by Gasteiger charge is -2.08. The van der Waals surface area contributed by atoms with Crippen molar-refractivity contribution in [1.29, 1.82) is 0 Å². The van der Waals surface area contributed by atoms with Crippen molar-refractivity contribution in [3.63, 3.8) is 0 Å². The molecule has 0 aromatic heterocycles. The molecule has 0 atom stereocenters. The zero-order chi connectivity index (χ0) is 19.5. The number of nitro benzene ring substituents is 1. The summed E-state index contributed by atoms with van der Waals surface area (Å²) in [5, 5.41) is 10.7. The van der Waals surface area contributed by atoms with Crippen molar-refractivity contribution in [3.05, 3.63) is 71.3 Å². The number of nitro groups is 1. The van der Waals surface area contributed by atoms with Crippen LogP contribution < -0.4 is 4.74 Å². The number of esters is 1. The number of hydrogen-bond acceptors (Lipinski definition) is 5. The molecule has 2 rings (SSSR count). The molecule has 6 nitrogen and oxygen atoms in total. The first-order chi connectivity index (χ1) is 13.1. The van der Waals surface area contributed by atoms with Gasteiger partial charge < -0.3 is 9.47 Å². The minimum atomic E-state index is -0.408. The minimum Gasteiger partial charge on any atom is -0.494 e. The molecule has 0 aliphatic heterocycles. The predicted molar refractivity (Wildman–Crippen MR) is 104 cm³/mol. The van der Waals surface area contributed by atoms with Crippen molar-refractivity contribution in [2.75, 3.05) is 13.2 Å². The Morgan fingerprint density at radius 1 is 0.926 bits per heavy atom. The van der Waals surface area contributed by atoms with E-state index in [0.717, 1.165) is 42.6 Å². The van der Waals surface area contributed by atoms with Crippen LogP contribution in [0.25, 0.3) is 11.1 Å². The number of unbranched alkanes of at least 4 members (excludes halogenated alkanes) is 3. The van der Waals surface area contributed by atoms with Gasteiger partial charge in [-0.2, -0.15) is 0 Å². The van der Waals surface area contributed by atoms with Crippen molar-refractivity contribution in [2.24, 2.45) is 0 Å². The van der Waals surface area contributed by atoms with Crippen LogP contribution in [0.1, 0.15) is 25.7 Å². The number of nitrogens with zero attached hydrogens (tertiary/aromatic N) is 1. The molecule has 0 aliphatic carbocycles. The number of hydrogen-bond donors (Lipinski definition) is 0. The highest BCUT2D eigenvalue weighted by molar-refractivity contribution is 5.81. The van der Waals surface area contributed by atoms with Gasteiger partial charge in [0.2, 0.25) is 0 Å². The van der Waals surface area contributed by atoms with Crippen LogP contribution in [0.5, 0.6) is 5.75 Å². The van der Waals surface area contributed by atoms with E-state index in [4.69, 9.17) is 9.47 Å². The summed E-state index contributed by atoms with van der Waals surface area (Å²) in [6.45, 7) is 4.40. The number of rotatable bonds is 11. The molecule has 142 valence electrons. The molecule has 0 fully saturated rings. The number of benzene rings is 2. The molecule has 0 N–H and O–H groups in total. The van der Waals surface area contributed by atoms with Crippen LogP contribution in [0.4, 0.5) is 5.69 Å². The topological polar surface area (TPSA) is 78.7 Å². The van der Waals surface area contributed by atoms with Crippen molar-refractivity contribution in [1.82, 2.24) is 0 Å². The Morgan fingerprint density at radius 2 is 1.48 bits per heavy atom. The standard InChI is InChI=1S/C21H23NO5/c1-2-21(23)27-16-6-4-3-5-15-26-20-13-9-18(10-14-20)17-7-11-19(12-8-17)22(24)25/h2,7-14H,1,3-6,15-16H2. The average molecular weight is 369 g/mol. The van der Waals surface area contributed by atoms with Gasteiger partial charge in [-0.15, -0.1) is 0 Å². The van der Waals surface area contributed by atoms with E-state index in [1.165, 1.54) is 18.2 Å². The third-order valence-corrected chi connectivity index (χ3v) is 3.98. The fraction of sp³-hybridized carbons (Fsp3) is 0.286. The summed E-state index contributed by atoms with van der Waals surface area (Å²) >= 11 is 0. The van der Waals surface area contributed by atoms with Gasteiger partial charge >= 0.3 is 5.97 Å². The molecule has 0 spiro atoms. The quantitative estimate of drug-likeness (QED) is 0.184. The summed E-state index contributed by atoms with van der Waals surface area (Å²) < 4.78 is 10.6. The summed E-state index contributed by atoms with van der Waals surface area (Å²) in [6.07, 6.45) is 4.92. The normalized spacial score (nSPS) is 10.2. The van der Waals surface area contributed by atoms with Crippen molar-refractivity contribution >= 4 is 11.7 Å². The van der Waals surface area contributed by atoms with E-state index in [2.05, 4.69) is 6.58 Å². The van der Waals surface area contributed by atoms with Gasteiger partial charge in [0.15, 0.2) is 0 Å². The van der Waals surface area contributed by atoms with E-state index in [1.54, 1.807) is 12.1 Å². The average Bonchev–Trinajstić information content (AvgIpc) is 2.70. The van der Waals surface area contributed by atoms with E-state index in [-0.39, 0.29) is 11.7 Å². The number of carbonyl (C=O) groups excluding carboxylic acids is 1. The lowest BCUT2D eigenvalue weighted by molar-refractivity contribution is -0.384. The van der Waals surface area contributed by atoms with Gasteiger partial charge in [-0.05, 0) is 61.1 Å². The summed E-state index contributed by atoms with van der Waals surface area (Å²) in [4.78, 5) is 21.2.